The van der Waals surface area contributed by atoms with Crippen LogP contribution in [0.3, 0.4) is 0 Å². The highest BCUT2D eigenvalue weighted by Crippen LogP contribution is 2.45. The molecule has 0 spiro atoms. The van der Waals surface area contributed by atoms with Gasteiger partial charge in [0.15, 0.2) is 0 Å². The summed E-state index contributed by atoms with van der Waals surface area (Å²) in [5.74, 6) is -0.217. The number of benzene rings is 3. The normalized spacial score (nSPS) is 15.6. The Morgan fingerprint density at radius 2 is 1.23 bits per heavy atom. The number of aryl methyl sites for hydroxylation is 1. The Kier molecular flexibility index (Phi) is 8.62. The van der Waals surface area contributed by atoms with Crippen molar-refractivity contribution in [2.75, 3.05) is 0 Å². The first-order valence-corrected chi connectivity index (χ1v) is 15.7. The van der Waals surface area contributed by atoms with Crippen LogP contribution in [-0.4, -0.2) is 17.0 Å². The molecule has 1 heterocycles. The number of phenols is 1. The lowest BCUT2D eigenvalue weighted by Crippen LogP contribution is -2.19. The number of phenolic OH excluding ortho intramolecular Hbond substituents is 1. The second kappa shape index (κ2) is 11.4. The van der Waals surface area contributed by atoms with Crippen molar-refractivity contribution in [2.45, 2.75) is 124 Å². The molecule has 1 atom stereocenters. The topological polar surface area (TPSA) is 72.8 Å². The summed E-state index contributed by atoms with van der Waals surface area (Å²) < 4.78 is 11.8. The summed E-state index contributed by atoms with van der Waals surface area (Å²) in [4.78, 5) is 26.8. The van der Waals surface area contributed by atoms with Crippen molar-refractivity contribution >= 4 is 11.9 Å². The fourth-order valence-electron chi connectivity index (χ4n) is 5.66. The lowest BCUT2D eigenvalue weighted by Gasteiger charge is -2.28. The molecule has 0 bridgehead atoms. The summed E-state index contributed by atoms with van der Waals surface area (Å²) in [5, 5.41) is 11.1. The van der Waals surface area contributed by atoms with Gasteiger partial charge in [-0.3, -0.25) is 9.59 Å². The van der Waals surface area contributed by atoms with Crippen molar-refractivity contribution in [3.8, 4) is 17.2 Å². The second-order valence-corrected chi connectivity index (χ2v) is 16.4. The Labute approximate surface area is 264 Å². The third-order valence-corrected chi connectivity index (χ3v) is 8.45. The largest absolute Gasteiger partial charge is 0.507 e. The van der Waals surface area contributed by atoms with Crippen LogP contribution in [0.15, 0.2) is 48.5 Å². The van der Waals surface area contributed by atoms with Gasteiger partial charge in [-0.05, 0) is 68.0 Å². The third-order valence-electron chi connectivity index (χ3n) is 8.45. The Morgan fingerprint density at radius 3 is 1.73 bits per heavy atom. The number of carbonyl (C=O) groups excluding carboxylic acids is 2. The molecule has 1 aliphatic heterocycles. The van der Waals surface area contributed by atoms with E-state index in [0.29, 0.717) is 29.2 Å². The van der Waals surface area contributed by atoms with Gasteiger partial charge < -0.3 is 14.6 Å². The Morgan fingerprint density at radius 1 is 0.727 bits per heavy atom. The fourth-order valence-corrected chi connectivity index (χ4v) is 5.66. The van der Waals surface area contributed by atoms with E-state index in [4.69, 9.17) is 9.47 Å². The van der Waals surface area contributed by atoms with Crippen molar-refractivity contribution in [3.05, 3.63) is 87.5 Å². The zero-order chi connectivity index (χ0) is 33.0. The first kappa shape index (κ1) is 33.3. The SMILES string of the molecule is CC(C)(C)c1ccc(OC(=O)CCc2cc(C(C)(C)C)c(O)c(C(C)(C)C)c2)c(C2C(=O)Oc3ccc(C(C)(C)C)cc32)c1. The number of carbonyl (C=O) groups is 2. The van der Waals surface area contributed by atoms with Crippen molar-refractivity contribution < 1.29 is 24.2 Å². The van der Waals surface area contributed by atoms with E-state index in [1.54, 1.807) is 0 Å². The second-order valence-electron chi connectivity index (χ2n) is 16.4. The van der Waals surface area contributed by atoms with Crippen molar-refractivity contribution in [1.29, 1.82) is 0 Å². The van der Waals surface area contributed by atoms with Gasteiger partial charge in [-0.1, -0.05) is 119 Å². The molecule has 0 aliphatic carbocycles. The molecule has 4 rings (SSSR count). The number of fused-ring (bicyclic) bond motifs is 1. The molecular weight excluding hydrogens is 548 g/mol. The van der Waals surface area contributed by atoms with E-state index in [0.717, 1.165) is 33.4 Å². The van der Waals surface area contributed by atoms with E-state index >= 15 is 0 Å². The van der Waals surface area contributed by atoms with Gasteiger partial charge in [-0.15, -0.1) is 0 Å². The van der Waals surface area contributed by atoms with Crippen molar-refractivity contribution in [1.82, 2.24) is 0 Å². The number of ether oxygens (including phenoxy) is 2. The molecule has 3 aromatic rings. The molecule has 236 valence electrons. The van der Waals surface area contributed by atoms with Gasteiger partial charge in [-0.25, -0.2) is 0 Å². The maximum Gasteiger partial charge on any atom is 0.323 e. The van der Waals surface area contributed by atoms with Crippen LogP contribution in [0.5, 0.6) is 17.2 Å². The van der Waals surface area contributed by atoms with Crippen LogP contribution in [0.2, 0.25) is 0 Å². The molecule has 1 N–H and O–H groups in total. The Balaban J connectivity index is 1.68. The number of aromatic hydroxyl groups is 1. The maximum absolute atomic E-state index is 13.4. The van der Waals surface area contributed by atoms with Gasteiger partial charge in [0.1, 0.15) is 23.2 Å². The Bertz CT molecular complexity index is 1550. The van der Waals surface area contributed by atoms with Gasteiger partial charge >= 0.3 is 11.9 Å². The van der Waals surface area contributed by atoms with E-state index in [2.05, 4.69) is 83.1 Å². The highest BCUT2D eigenvalue weighted by Gasteiger charge is 2.38. The molecule has 0 saturated carbocycles. The van der Waals surface area contributed by atoms with Gasteiger partial charge in [0.25, 0.3) is 0 Å². The number of rotatable bonds is 5. The van der Waals surface area contributed by atoms with E-state index < -0.39 is 5.92 Å². The van der Waals surface area contributed by atoms with Crippen LogP contribution in [0, 0.1) is 0 Å². The molecular formula is C39H50O5. The predicted molar refractivity (Wildman–Crippen MR) is 177 cm³/mol. The molecule has 0 aromatic heterocycles. The lowest BCUT2D eigenvalue weighted by atomic mass is 9.78. The molecule has 0 radical (unpaired) electrons. The first-order chi connectivity index (χ1) is 20.1. The van der Waals surface area contributed by atoms with Crippen LogP contribution in [-0.2, 0) is 37.7 Å². The molecule has 1 unspecified atom stereocenters. The summed E-state index contributed by atoms with van der Waals surface area (Å²) in [6.45, 7) is 25.2. The van der Waals surface area contributed by atoms with Gasteiger partial charge in [0.05, 0.1) is 0 Å². The summed E-state index contributed by atoms with van der Waals surface area (Å²) in [5.41, 5.74) is 5.45. The molecule has 5 heteroatoms. The molecule has 3 aromatic carbocycles. The van der Waals surface area contributed by atoms with E-state index in [-0.39, 0.29) is 40.0 Å². The van der Waals surface area contributed by atoms with E-state index in [9.17, 15) is 14.7 Å². The highest BCUT2D eigenvalue weighted by atomic mass is 16.5. The quantitative estimate of drug-likeness (QED) is 0.234. The van der Waals surface area contributed by atoms with Gasteiger partial charge in [-0.2, -0.15) is 0 Å². The maximum atomic E-state index is 13.4. The average molecular weight is 599 g/mol. The van der Waals surface area contributed by atoms with Crippen LogP contribution < -0.4 is 9.47 Å². The molecule has 0 fully saturated rings. The predicted octanol–water partition coefficient (Wildman–Crippen LogP) is 9.17. The fraction of sp³-hybridized carbons (Fsp3) is 0.487. The molecule has 0 saturated heterocycles. The zero-order valence-corrected chi connectivity index (χ0v) is 28.7. The zero-order valence-electron chi connectivity index (χ0n) is 28.7. The number of hydrogen-bond acceptors (Lipinski definition) is 5. The van der Waals surface area contributed by atoms with Crippen molar-refractivity contribution in [2.24, 2.45) is 0 Å². The summed E-state index contributed by atoms with van der Waals surface area (Å²) in [6.07, 6.45) is 0.613. The van der Waals surface area contributed by atoms with Crippen LogP contribution in [0.4, 0.5) is 0 Å². The van der Waals surface area contributed by atoms with Gasteiger partial charge in [0.2, 0.25) is 0 Å². The minimum absolute atomic E-state index is 0.109. The van der Waals surface area contributed by atoms with Crippen LogP contribution in [0.25, 0.3) is 0 Å². The molecule has 44 heavy (non-hydrogen) atoms. The summed E-state index contributed by atoms with van der Waals surface area (Å²) in [7, 11) is 0. The van der Waals surface area contributed by atoms with Crippen LogP contribution >= 0.6 is 0 Å². The van der Waals surface area contributed by atoms with E-state index in [1.807, 2.05) is 48.5 Å². The third kappa shape index (κ3) is 7.03. The Hall–Kier alpha value is -3.60. The van der Waals surface area contributed by atoms with Crippen LogP contribution in [0.1, 0.15) is 134 Å². The standard InChI is InChI=1S/C39H50O5/c1-36(2,3)24-14-16-30(26(21-24)33-27-22-25(37(4,5)6)15-17-31(27)44-35(33)42)43-32(40)18-13-23-19-28(38(7,8)9)34(41)29(20-23)39(10,11)12/h14-17,19-22,33,41H,13,18H2,1-12H3. The van der Waals surface area contributed by atoms with E-state index in [1.165, 1.54) is 0 Å². The molecule has 0 amide bonds. The first-order valence-electron chi connectivity index (χ1n) is 15.7. The van der Waals surface area contributed by atoms with Crippen molar-refractivity contribution in [3.63, 3.8) is 0 Å². The smallest absolute Gasteiger partial charge is 0.323 e. The molecule has 1 aliphatic rings. The minimum Gasteiger partial charge on any atom is -0.507 e. The number of esters is 2. The minimum atomic E-state index is -0.696. The van der Waals surface area contributed by atoms with Gasteiger partial charge in [0, 0.05) is 17.5 Å². The lowest BCUT2D eigenvalue weighted by molar-refractivity contribution is -0.135. The monoisotopic (exact) mass is 598 g/mol. The summed E-state index contributed by atoms with van der Waals surface area (Å²) >= 11 is 0. The highest BCUT2D eigenvalue weighted by molar-refractivity contribution is 5.91. The summed E-state index contributed by atoms with van der Waals surface area (Å²) in [6, 6.07) is 15.7. The number of hydrogen-bond donors (Lipinski definition) is 1. The average Bonchev–Trinajstić information content (AvgIpc) is 3.20. The molecule has 5 nitrogen and oxygen atoms in total.